The summed E-state index contributed by atoms with van der Waals surface area (Å²) < 4.78 is 0. The Bertz CT molecular complexity index is 971. The number of carbonyl (C=O) groups is 4. The molecule has 37 heavy (non-hydrogen) atoms. The van der Waals surface area contributed by atoms with Gasteiger partial charge in [0.25, 0.3) is 5.91 Å². The molecule has 0 bridgehead atoms. The van der Waals surface area contributed by atoms with Crippen molar-refractivity contribution in [2.75, 3.05) is 6.54 Å². The first-order valence-electron chi connectivity index (χ1n) is 13.3. The Morgan fingerprint density at radius 1 is 1.03 bits per heavy atom. The van der Waals surface area contributed by atoms with Crippen LogP contribution in [0.4, 0.5) is 0 Å². The SMILES string of the molecule is CC(C)[C@H]1CCN(C(=O)[C@@H](NC(=O)[C@@H](NC(=O)c2cnccn2)C2CCCCC2)C(C)(C)C)[C@@H]1C(=O)O. The summed E-state index contributed by atoms with van der Waals surface area (Å²) >= 11 is 0. The second-order valence-electron chi connectivity index (χ2n) is 11.8. The summed E-state index contributed by atoms with van der Waals surface area (Å²) in [5.41, 5.74) is -0.571. The number of aliphatic carboxylic acids is 1. The number of amides is 3. The number of aromatic nitrogens is 2. The number of carboxylic acid groups (broad SMARTS) is 1. The quantitative estimate of drug-likeness (QED) is 0.483. The van der Waals surface area contributed by atoms with Crippen LogP contribution in [0.5, 0.6) is 0 Å². The van der Waals surface area contributed by atoms with E-state index in [1.807, 2.05) is 34.6 Å². The maximum Gasteiger partial charge on any atom is 0.326 e. The normalized spacial score (nSPS) is 22.4. The van der Waals surface area contributed by atoms with Gasteiger partial charge in [0.2, 0.25) is 11.8 Å². The maximum atomic E-state index is 13.8. The Balaban J connectivity index is 1.85. The van der Waals surface area contributed by atoms with Crippen molar-refractivity contribution >= 4 is 23.7 Å². The number of carbonyl (C=O) groups excluding carboxylic acids is 3. The molecule has 4 atom stereocenters. The van der Waals surface area contributed by atoms with E-state index in [1.165, 1.54) is 23.5 Å². The van der Waals surface area contributed by atoms with E-state index in [1.54, 1.807) is 0 Å². The molecule has 1 saturated carbocycles. The lowest BCUT2D eigenvalue weighted by Crippen LogP contribution is -2.61. The van der Waals surface area contributed by atoms with Crippen LogP contribution in [0.1, 0.15) is 83.6 Å². The molecular formula is C27H41N5O5. The molecule has 0 spiro atoms. The van der Waals surface area contributed by atoms with Crippen molar-refractivity contribution in [3.8, 4) is 0 Å². The third-order valence-corrected chi connectivity index (χ3v) is 7.72. The molecule has 10 nitrogen and oxygen atoms in total. The van der Waals surface area contributed by atoms with E-state index in [2.05, 4.69) is 20.6 Å². The monoisotopic (exact) mass is 515 g/mol. The molecule has 0 unspecified atom stereocenters. The first-order valence-corrected chi connectivity index (χ1v) is 13.3. The van der Waals surface area contributed by atoms with E-state index in [9.17, 15) is 24.3 Å². The summed E-state index contributed by atoms with van der Waals surface area (Å²) in [6.45, 7) is 9.79. The molecule has 0 radical (unpaired) electrons. The van der Waals surface area contributed by atoms with Gasteiger partial charge < -0.3 is 20.6 Å². The highest BCUT2D eigenvalue weighted by atomic mass is 16.4. The summed E-state index contributed by atoms with van der Waals surface area (Å²) in [5, 5.41) is 15.7. The molecule has 3 N–H and O–H groups in total. The van der Waals surface area contributed by atoms with Crippen molar-refractivity contribution in [3.63, 3.8) is 0 Å². The molecule has 3 amide bonds. The molecular weight excluding hydrogens is 474 g/mol. The first kappa shape index (κ1) is 28.5. The van der Waals surface area contributed by atoms with E-state index >= 15 is 0 Å². The maximum absolute atomic E-state index is 13.8. The Morgan fingerprint density at radius 2 is 1.70 bits per heavy atom. The zero-order chi connectivity index (χ0) is 27.3. The number of nitrogens with one attached hydrogen (secondary N) is 2. The second kappa shape index (κ2) is 12.0. The molecule has 1 aliphatic carbocycles. The van der Waals surface area contributed by atoms with Gasteiger partial charge in [0.05, 0.1) is 6.20 Å². The molecule has 2 aliphatic rings. The second-order valence-corrected chi connectivity index (χ2v) is 11.8. The van der Waals surface area contributed by atoms with E-state index in [-0.39, 0.29) is 23.4 Å². The van der Waals surface area contributed by atoms with E-state index in [4.69, 9.17) is 0 Å². The highest BCUT2D eigenvalue weighted by Gasteiger charge is 2.47. The molecule has 1 aromatic rings. The van der Waals surface area contributed by atoms with E-state index < -0.39 is 47.2 Å². The highest BCUT2D eigenvalue weighted by Crippen LogP contribution is 2.33. The van der Waals surface area contributed by atoms with Crippen LogP contribution in [-0.2, 0) is 14.4 Å². The van der Waals surface area contributed by atoms with E-state index in [0.29, 0.717) is 13.0 Å². The molecule has 10 heteroatoms. The van der Waals surface area contributed by atoms with Crippen molar-refractivity contribution in [1.29, 1.82) is 0 Å². The topological polar surface area (TPSA) is 142 Å². The predicted octanol–water partition coefficient (Wildman–Crippen LogP) is 2.64. The van der Waals surface area contributed by atoms with Crippen LogP contribution in [0.25, 0.3) is 0 Å². The number of nitrogens with zero attached hydrogens (tertiary/aromatic N) is 3. The lowest BCUT2D eigenvalue weighted by atomic mass is 9.82. The van der Waals surface area contributed by atoms with Crippen molar-refractivity contribution in [2.45, 2.75) is 91.3 Å². The fraction of sp³-hybridized carbons (Fsp3) is 0.704. The first-order chi connectivity index (χ1) is 17.4. The van der Waals surface area contributed by atoms with Gasteiger partial charge in [-0.15, -0.1) is 0 Å². The molecule has 2 heterocycles. The number of hydrogen-bond donors (Lipinski definition) is 3. The van der Waals surface area contributed by atoms with Crippen molar-refractivity contribution in [3.05, 3.63) is 24.3 Å². The van der Waals surface area contributed by atoms with Crippen LogP contribution in [-0.4, -0.2) is 68.3 Å². The van der Waals surface area contributed by atoms with Crippen LogP contribution in [0.3, 0.4) is 0 Å². The molecule has 0 aromatic carbocycles. The Morgan fingerprint density at radius 3 is 2.24 bits per heavy atom. The van der Waals surface area contributed by atoms with Gasteiger partial charge in [-0.2, -0.15) is 0 Å². The minimum atomic E-state index is -1.03. The Kier molecular flexibility index (Phi) is 9.26. The summed E-state index contributed by atoms with van der Waals surface area (Å²) in [7, 11) is 0. The zero-order valence-corrected chi connectivity index (χ0v) is 22.6. The van der Waals surface area contributed by atoms with Crippen LogP contribution in [0.15, 0.2) is 18.6 Å². The van der Waals surface area contributed by atoms with Crippen LogP contribution in [0, 0.1) is 23.2 Å². The van der Waals surface area contributed by atoms with Gasteiger partial charge in [-0.1, -0.05) is 53.9 Å². The molecule has 3 rings (SSSR count). The van der Waals surface area contributed by atoms with Gasteiger partial charge in [-0.3, -0.25) is 19.4 Å². The molecule has 1 saturated heterocycles. The zero-order valence-electron chi connectivity index (χ0n) is 22.6. The molecule has 1 aromatic heterocycles. The van der Waals surface area contributed by atoms with Gasteiger partial charge in [-0.25, -0.2) is 9.78 Å². The number of likely N-dealkylation sites (tertiary alicyclic amines) is 1. The number of carboxylic acids is 1. The summed E-state index contributed by atoms with van der Waals surface area (Å²) in [4.78, 5) is 62.0. The van der Waals surface area contributed by atoms with Gasteiger partial charge in [0.1, 0.15) is 23.8 Å². The largest absolute Gasteiger partial charge is 0.480 e. The van der Waals surface area contributed by atoms with Crippen molar-refractivity contribution in [2.24, 2.45) is 23.2 Å². The smallest absolute Gasteiger partial charge is 0.326 e. The molecule has 204 valence electrons. The lowest BCUT2D eigenvalue weighted by molar-refractivity contribution is -0.152. The number of rotatable bonds is 8. The Labute approximate surface area is 219 Å². The summed E-state index contributed by atoms with van der Waals surface area (Å²) in [6.07, 6.45) is 9.40. The fourth-order valence-electron chi connectivity index (χ4n) is 5.62. The average Bonchev–Trinajstić information content (AvgIpc) is 3.32. The van der Waals surface area contributed by atoms with E-state index in [0.717, 1.165) is 32.1 Å². The van der Waals surface area contributed by atoms with Gasteiger partial charge in [-0.05, 0) is 42.4 Å². The fourth-order valence-corrected chi connectivity index (χ4v) is 5.62. The van der Waals surface area contributed by atoms with Crippen LogP contribution in [0.2, 0.25) is 0 Å². The Hall–Kier alpha value is -3.04. The van der Waals surface area contributed by atoms with Gasteiger partial charge in [0.15, 0.2) is 0 Å². The third-order valence-electron chi connectivity index (χ3n) is 7.72. The van der Waals surface area contributed by atoms with Gasteiger partial charge >= 0.3 is 5.97 Å². The third kappa shape index (κ3) is 6.84. The predicted molar refractivity (Wildman–Crippen MR) is 137 cm³/mol. The van der Waals surface area contributed by atoms with Crippen molar-refractivity contribution in [1.82, 2.24) is 25.5 Å². The molecule has 1 aliphatic heterocycles. The summed E-state index contributed by atoms with van der Waals surface area (Å²) in [6, 6.07) is -2.73. The number of hydrogen-bond acceptors (Lipinski definition) is 6. The minimum absolute atomic E-state index is 0.0750. The van der Waals surface area contributed by atoms with Crippen LogP contribution >= 0.6 is 0 Å². The van der Waals surface area contributed by atoms with Gasteiger partial charge in [0, 0.05) is 18.9 Å². The highest BCUT2D eigenvalue weighted by molar-refractivity contribution is 5.97. The standard InChI is InChI=1S/C27H41N5O5/c1-16(2)18-11-14-32(21(18)26(36)37)25(35)22(27(3,4)5)31-24(34)20(17-9-7-6-8-10-17)30-23(33)19-15-28-12-13-29-19/h12-13,15-18,20-22H,6-11,14H2,1-5H3,(H,30,33)(H,31,34)(H,36,37)/t18-,20+,21+,22-/m1/s1. The molecule has 2 fully saturated rings. The van der Waals surface area contributed by atoms with Crippen LogP contribution < -0.4 is 10.6 Å². The average molecular weight is 516 g/mol. The minimum Gasteiger partial charge on any atom is -0.480 e. The van der Waals surface area contributed by atoms with Crippen molar-refractivity contribution < 1.29 is 24.3 Å². The summed E-state index contributed by atoms with van der Waals surface area (Å²) in [5.74, 6) is -2.49. The lowest BCUT2D eigenvalue weighted by Gasteiger charge is -2.37.